The van der Waals surface area contributed by atoms with E-state index in [0.29, 0.717) is 24.1 Å². The third-order valence-electron chi connectivity index (χ3n) is 5.33. The molecule has 0 saturated heterocycles. The molecule has 1 N–H and O–H groups in total. The summed E-state index contributed by atoms with van der Waals surface area (Å²) >= 11 is 3.10. The normalized spacial score (nSPS) is 14.1. The predicted molar refractivity (Wildman–Crippen MR) is 133 cm³/mol. The maximum atomic E-state index is 13.6. The molecule has 0 bridgehead atoms. The number of carbonyl (C=O) groups excluding carboxylic acids is 1. The zero-order valence-corrected chi connectivity index (χ0v) is 19.8. The van der Waals surface area contributed by atoms with Gasteiger partial charge < -0.3 is 10.1 Å². The molecular formula is C25H24N4O2S2. The number of thiophene rings is 1. The third-order valence-corrected chi connectivity index (χ3v) is 7.40. The smallest absolute Gasteiger partial charge is 0.242 e. The van der Waals surface area contributed by atoms with Gasteiger partial charge in [0.2, 0.25) is 5.91 Å². The van der Waals surface area contributed by atoms with Gasteiger partial charge in [0, 0.05) is 6.04 Å². The summed E-state index contributed by atoms with van der Waals surface area (Å²) in [5.74, 6) is 1.41. The highest BCUT2D eigenvalue weighted by Crippen LogP contribution is 2.45. The molecule has 6 nitrogen and oxygen atoms in total. The number of thioether (sulfide) groups is 1. The third kappa shape index (κ3) is 4.82. The number of aromatic nitrogens is 3. The summed E-state index contributed by atoms with van der Waals surface area (Å²) in [5.41, 5.74) is 1.57. The van der Waals surface area contributed by atoms with Gasteiger partial charge in [-0.2, -0.15) is 0 Å². The number of amides is 1. The van der Waals surface area contributed by atoms with Crippen LogP contribution >= 0.6 is 23.1 Å². The molecule has 0 radical (unpaired) electrons. The average Bonchev–Trinajstić information content (AvgIpc) is 3.36. The Kier molecular flexibility index (Phi) is 6.46. The summed E-state index contributed by atoms with van der Waals surface area (Å²) < 4.78 is 7.90. The first-order chi connectivity index (χ1) is 16.2. The molecule has 168 valence electrons. The Morgan fingerprint density at radius 2 is 1.91 bits per heavy atom. The molecular weight excluding hydrogens is 452 g/mol. The molecule has 1 amide bonds. The molecule has 1 saturated carbocycles. The second-order valence-corrected chi connectivity index (χ2v) is 9.73. The molecule has 4 aromatic rings. The van der Waals surface area contributed by atoms with Gasteiger partial charge in [-0.1, -0.05) is 60.3 Å². The molecule has 0 unspecified atom stereocenters. The highest BCUT2D eigenvalue weighted by molar-refractivity contribution is 8.00. The number of para-hydroxylation sites is 2. The van der Waals surface area contributed by atoms with Crippen LogP contribution in [0.3, 0.4) is 0 Å². The lowest BCUT2D eigenvalue weighted by Gasteiger charge is -2.18. The van der Waals surface area contributed by atoms with Gasteiger partial charge in [0.05, 0.1) is 17.2 Å². The monoisotopic (exact) mass is 476 g/mol. The maximum absolute atomic E-state index is 13.6. The van der Waals surface area contributed by atoms with Gasteiger partial charge in [-0.05, 0) is 48.9 Å². The van der Waals surface area contributed by atoms with E-state index in [1.165, 1.54) is 11.8 Å². The maximum Gasteiger partial charge on any atom is 0.242 e. The highest BCUT2D eigenvalue weighted by Gasteiger charge is 2.33. The van der Waals surface area contributed by atoms with Gasteiger partial charge in [-0.25, -0.2) is 0 Å². The highest BCUT2D eigenvalue weighted by atomic mass is 32.2. The van der Waals surface area contributed by atoms with Gasteiger partial charge in [-0.15, -0.1) is 21.5 Å². The summed E-state index contributed by atoms with van der Waals surface area (Å²) in [5, 5.41) is 14.4. The fourth-order valence-electron chi connectivity index (χ4n) is 3.65. The molecule has 1 aliphatic rings. The number of hydrogen-bond acceptors (Lipinski definition) is 6. The minimum atomic E-state index is -0.487. The van der Waals surface area contributed by atoms with Crippen LogP contribution in [-0.2, 0) is 4.79 Å². The van der Waals surface area contributed by atoms with Gasteiger partial charge in [0.25, 0.3) is 0 Å². The van der Waals surface area contributed by atoms with E-state index < -0.39 is 5.25 Å². The second-order valence-electron chi connectivity index (χ2n) is 7.71. The molecule has 2 aromatic heterocycles. The molecule has 33 heavy (non-hydrogen) atoms. The van der Waals surface area contributed by atoms with Crippen molar-refractivity contribution in [3.05, 3.63) is 77.7 Å². The first kappa shape index (κ1) is 21.7. The van der Waals surface area contributed by atoms with Gasteiger partial charge in [0.1, 0.15) is 11.0 Å². The fraction of sp³-hybridized carbons (Fsp3) is 0.240. The van der Waals surface area contributed by atoms with E-state index >= 15 is 0 Å². The first-order valence-electron chi connectivity index (χ1n) is 11.0. The summed E-state index contributed by atoms with van der Waals surface area (Å²) in [4.78, 5) is 14.7. The Labute approximate surface area is 201 Å². The largest absolute Gasteiger partial charge is 0.492 e. The van der Waals surface area contributed by atoms with Crippen molar-refractivity contribution in [2.75, 3.05) is 11.9 Å². The van der Waals surface area contributed by atoms with Crippen molar-refractivity contribution < 1.29 is 9.53 Å². The molecule has 2 aromatic carbocycles. The number of ether oxygens (including phenoxy) is 1. The van der Waals surface area contributed by atoms with Crippen molar-refractivity contribution in [3.8, 4) is 16.5 Å². The van der Waals surface area contributed by atoms with Crippen LogP contribution in [0.2, 0.25) is 0 Å². The molecule has 8 heteroatoms. The number of nitrogens with zero attached hydrogens (tertiary/aromatic N) is 3. The van der Waals surface area contributed by atoms with E-state index in [0.717, 1.165) is 34.3 Å². The fourth-order valence-corrected chi connectivity index (χ4v) is 5.46. The van der Waals surface area contributed by atoms with Crippen molar-refractivity contribution in [2.45, 2.75) is 36.2 Å². The molecule has 0 aliphatic heterocycles. The Morgan fingerprint density at radius 3 is 2.64 bits per heavy atom. The van der Waals surface area contributed by atoms with E-state index in [-0.39, 0.29) is 5.91 Å². The number of anilines is 1. The van der Waals surface area contributed by atoms with Crippen molar-refractivity contribution in [3.63, 3.8) is 0 Å². The van der Waals surface area contributed by atoms with Crippen molar-refractivity contribution in [2.24, 2.45) is 0 Å². The number of hydrogen-bond donors (Lipinski definition) is 1. The standard InChI is InChI=1S/C25H24N4O2S2/c1-2-31-20-12-7-6-11-19(20)26-24(30)22(17-9-4-3-5-10-17)33-25-28-27-23(21-13-8-16-32-21)29(25)18-14-15-18/h3-13,16,18,22H,2,14-15H2,1H3,(H,26,30)/t22-/m0/s1. The number of carbonyl (C=O) groups is 1. The van der Waals surface area contributed by atoms with Crippen molar-refractivity contribution >= 4 is 34.7 Å². The van der Waals surface area contributed by atoms with E-state index in [9.17, 15) is 4.79 Å². The van der Waals surface area contributed by atoms with Crippen LogP contribution in [0.4, 0.5) is 5.69 Å². The summed E-state index contributed by atoms with van der Waals surface area (Å²) in [7, 11) is 0. The van der Waals surface area contributed by atoms with Gasteiger partial charge in [0.15, 0.2) is 11.0 Å². The van der Waals surface area contributed by atoms with Gasteiger partial charge in [-0.3, -0.25) is 9.36 Å². The van der Waals surface area contributed by atoms with Crippen LogP contribution in [0.25, 0.3) is 10.7 Å². The minimum Gasteiger partial charge on any atom is -0.492 e. The van der Waals surface area contributed by atoms with Crippen molar-refractivity contribution in [1.29, 1.82) is 0 Å². The van der Waals surface area contributed by atoms with E-state index in [1.807, 2.05) is 73.0 Å². The summed E-state index contributed by atoms with van der Waals surface area (Å²) in [6.07, 6.45) is 2.21. The lowest BCUT2D eigenvalue weighted by atomic mass is 10.1. The Hall–Kier alpha value is -3.10. The minimum absolute atomic E-state index is 0.124. The topological polar surface area (TPSA) is 69.0 Å². The molecule has 0 spiro atoms. The Bertz CT molecular complexity index is 1220. The number of nitrogens with one attached hydrogen (secondary N) is 1. The van der Waals surface area contributed by atoms with Crippen LogP contribution in [0, 0.1) is 0 Å². The lowest BCUT2D eigenvalue weighted by Crippen LogP contribution is -2.20. The predicted octanol–water partition coefficient (Wildman–Crippen LogP) is 6.21. The SMILES string of the molecule is CCOc1ccccc1NC(=O)[C@@H](Sc1nnc(-c2cccs2)n1C1CC1)c1ccccc1. The Balaban J connectivity index is 1.47. The molecule has 1 atom stereocenters. The van der Waals surface area contributed by atoms with Crippen LogP contribution in [0.15, 0.2) is 77.3 Å². The zero-order chi connectivity index (χ0) is 22.6. The van der Waals surface area contributed by atoms with Crippen LogP contribution < -0.4 is 10.1 Å². The van der Waals surface area contributed by atoms with E-state index in [1.54, 1.807) is 11.3 Å². The van der Waals surface area contributed by atoms with Crippen LogP contribution in [-0.4, -0.2) is 27.3 Å². The number of benzene rings is 2. The van der Waals surface area contributed by atoms with Gasteiger partial charge >= 0.3 is 0 Å². The molecule has 1 fully saturated rings. The Morgan fingerprint density at radius 1 is 1.12 bits per heavy atom. The van der Waals surface area contributed by atoms with Crippen LogP contribution in [0.1, 0.15) is 36.6 Å². The quantitative estimate of drug-likeness (QED) is 0.291. The molecule has 5 rings (SSSR count). The average molecular weight is 477 g/mol. The summed E-state index contributed by atoms with van der Waals surface area (Å²) in [6, 6.07) is 21.8. The van der Waals surface area contributed by atoms with Crippen LogP contribution in [0.5, 0.6) is 5.75 Å². The molecule has 1 aliphatic carbocycles. The number of rotatable bonds is 9. The summed E-state index contributed by atoms with van der Waals surface area (Å²) in [6.45, 7) is 2.46. The van der Waals surface area contributed by atoms with Crippen molar-refractivity contribution in [1.82, 2.24) is 14.8 Å². The van der Waals surface area contributed by atoms with E-state index in [4.69, 9.17) is 4.74 Å². The first-order valence-corrected chi connectivity index (χ1v) is 12.7. The molecule has 2 heterocycles. The zero-order valence-electron chi connectivity index (χ0n) is 18.2. The van der Waals surface area contributed by atoms with E-state index in [2.05, 4.69) is 26.1 Å². The lowest BCUT2D eigenvalue weighted by molar-refractivity contribution is -0.115. The second kappa shape index (κ2) is 9.80.